The molecule has 2 rings (SSSR count). The van der Waals surface area contributed by atoms with Gasteiger partial charge in [-0.3, -0.25) is 0 Å². The maximum atomic E-state index is 4.71. The van der Waals surface area contributed by atoms with Crippen molar-refractivity contribution in [2.24, 2.45) is 11.8 Å². The second-order valence-electron chi connectivity index (χ2n) is 6.35. The van der Waals surface area contributed by atoms with Crippen LogP contribution in [0.4, 0.5) is 11.6 Å². The van der Waals surface area contributed by atoms with Gasteiger partial charge in [0.2, 0.25) is 0 Å². The van der Waals surface area contributed by atoms with Crippen molar-refractivity contribution in [2.45, 2.75) is 47.5 Å². The van der Waals surface area contributed by atoms with E-state index in [1.165, 1.54) is 12.0 Å². The molecule has 2 unspecified atom stereocenters. The third-order valence-corrected chi connectivity index (χ3v) is 3.94. The van der Waals surface area contributed by atoms with Crippen LogP contribution in [0.2, 0.25) is 0 Å². The molecule has 1 N–H and O–H groups in total. The van der Waals surface area contributed by atoms with Gasteiger partial charge in [0, 0.05) is 25.2 Å². The van der Waals surface area contributed by atoms with Crippen LogP contribution in [0.3, 0.4) is 0 Å². The summed E-state index contributed by atoms with van der Waals surface area (Å²) >= 11 is 0. The van der Waals surface area contributed by atoms with Gasteiger partial charge in [-0.2, -0.15) is 0 Å². The largest absolute Gasteiger partial charge is 0.370 e. The third kappa shape index (κ3) is 3.41. The van der Waals surface area contributed by atoms with Crippen LogP contribution in [-0.2, 0) is 0 Å². The average Bonchev–Trinajstić information content (AvgIpc) is 2.38. The number of nitrogens with zero attached hydrogens (tertiary/aromatic N) is 3. The van der Waals surface area contributed by atoms with Crippen molar-refractivity contribution >= 4 is 11.6 Å². The number of anilines is 2. The number of hydrogen-bond acceptors (Lipinski definition) is 4. The molecule has 2 atom stereocenters. The molecule has 0 radical (unpaired) electrons. The van der Waals surface area contributed by atoms with Crippen molar-refractivity contribution in [1.82, 2.24) is 9.97 Å². The summed E-state index contributed by atoms with van der Waals surface area (Å²) in [6.07, 6.45) is 2.43. The molecule has 0 saturated carbocycles. The molecule has 1 aliphatic heterocycles. The van der Waals surface area contributed by atoms with E-state index in [9.17, 15) is 0 Å². The van der Waals surface area contributed by atoms with E-state index in [0.29, 0.717) is 0 Å². The van der Waals surface area contributed by atoms with Gasteiger partial charge in [0.05, 0.1) is 0 Å². The third-order valence-electron chi connectivity index (χ3n) is 3.94. The first-order valence-corrected chi connectivity index (χ1v) is 7.85. The lowest BCUT2D eigenvalue weighted by molar-refractivity contribution is 0.355. The van der Waals surface area contributed by atoms with Crippen LogP contribution >= 0.6 is 0 Å². The van der Waals surface area contributed by atoms with Crippen molar-refractivity contribution in [3.8, 4) is 0 Å². The van der Waals surface area contributed by atoms with Crippen LogP contribution in [0.5, 0.6) is 0 Å². The molecule has 20 heavy (non-hydrogen) atoms. The summed E-state index contributed by atoms with van der Waals surface area (Å²) in [5.74, 6) is 4.45. The maximum absolute atomic E-state index is 4.71. The molecule has 0 amide bonds. The van der Waals surface area contributed by atoms with Crippen molar-refractivity contribution < 1.29 is 0 Å². The molecule has 1 aromatic rings. The number of piperidine rings is 1. The van der Waals surface area contributed by atoms with E-state index in [1.54, 1.807) is 0 Å². The van der Waals surface area contributed by atoms with Gasteiger partial charge in [-0.1, -0.05) is 20.8 Å². The molecule has 0 aromatic carbocycles. The zero-order chi connectivity index (χ0) is 14.7. The van der Waals surface area contributed by atoms with Gasteiger partial charge in [-0.15, -0.1) is 0 Å². The molecule has 0 bridgehead atoms. The highest BCUT2D eigenvalue weighted by molar-refractivity contribution is 5.58. The first kappa shape index (κ1) is 15.1. The summed E-state index contributed by atoms with van der Waals surface area (Å²) in [6.45, 7) is 14.1. The smallest absolute Gasteiger partial charge is 0.137 e. The standard InChI is InChI=1S/C16H28N4/c1-6-7-17-15-13(4)16(19-14(5)18-15)20-9-11(2)8-12(3)10-20/h11-12H,6-10H2,1-5H3,(H,17,18,19). The molecule has 0 spiro atoms. The molecule has 2 heterocycles. The molecule has 112 valence electrons. The highest BCUT2D eigenvalue weighted by Gasteiger charge is 2.25. The normalized spacial score (nSPS) is 22.9. The Labute approximate surface area is 123 Å². The van der Waals surface area contributed by atoms with E-state index in [0.717, 1.165) is 55.4 Å². The number of aromatic nitrogens is 2. The number of hydrogen-bond donors (Lipinski definition) is 1. The Hall–Kier alpha value is -1.32. The quantitative estimate of drug-likeness (QED) is 0.915. The number of rotatable bonds is 4. The fraction of sp³-hybridized carbons (Fsp3) is 0.750. The predicted octanol–water partition coefficient (Wildman–Crippen LogP) is 3.40. The first-order valence-electron chi connectivity index (χ1n) is 7.85. The fourth-order valence-electron chi connectivity index (χ4n) is 3.17. The molecule has 1 aliphatic rings. The molecule has 1 saturated heterocycles. The summed E-state index contributed by atoms with van der Waals surface area (Å²) < 4.78 is 0. The van der Waals surface area contributed by atoms with Gasteiger partial charge >= 0.3 is 0 Å². The van der Waals surface area contributed by atoms with Crippen LogP contribution < -0.4 is 10.2 Å². The molecule has 4 nitrogen and oxygen atoms in total. The summed E-state index contributed by atoms with van der Waals surface area (Å²) in [6, 6.07) is 0. The van der Waals surface area contributed by atoms with E-state index in [-0.39, 0.29) is 0 Å². The zero-order valence-corrected chi connectivity index (χ0v) is 13.5. The van der Waals surface area contributed by atoms with Crippen LogP contribution in [0, 0.1) is 25.7 Å². The second-order valence-corrected chi connectivity index (χ2v) is 6.35. The average molecular weight is 276 g/mol. The fourth-order valence-corrected chi connectivity index (χ4v) is 3.17. The van der Waals surface area contributed by atoms with Gasteiger partial charge in [-0.05, 0) is 38.5 Å². The Morgan fingerprint density at radius 1 is 1.15 bits per heavy atom. The number of nitrogens with one attached hydrogen (secondary N) is 1. The van der Waals surface area contributed by atoms with Gasteiger partial charge in [-0.25, -0.2) is 9.97 Å². The van der Waals surface area contributed by atoms with E-state index in [1.807, 2.05) is 6.92 Å². The Balaban J connectivity index is 2.28. The van der Waals surface area contributed by atoms with Crippen LogP contribution in [0.15, 0.2) is 0 Å². The van der Waals surface area contributed by atoms with E-state index in [2.05, 4.69) is 42.9 Å². The molecular weight excluding hydrogens is 248 g/mol. The van der Waals surface area contributed by atoms with Gasteiger partial charge in [0.15, 0.2) is 0 Å². The van der Waals surface area contributed by atoms with Crippen LogP contribution in [0.25, 0.3) is 0 Å². The Morgan fingerprint density at radius 3 is 2.40 bits per heavy atom. The first-order chi connectivity index (χ1) is 9.51. The Morgan fingerprint density at radius 2 is 1.80 bits per heavy atom. The molecule has 0 aliphatic carbocycles. The lowest BCUT2D eigenvalue weighted by Crippen LogP contribution is -2.39. The monoisotopic (exact) mass is 276 g/mol. The topological polar surface area (TPSA) is 41.1 Å². The highest BCUT2D eigenvalue weighted by Crippen LogP contribution is 2.29. The van der Waals surface area contributed by atoms with Gasteiger partial charge < -0.3 is 10.2 Å². The predicted molar refractivity (Wildman–Crippen MR) is 85.4 cm³/mol. The minimum absolute atomic E-state index is 0.737. The second kappa shape index (κ2) is 6.42. The Bertz CT molecular complexity index is 448. The molecule has 1 fully saturated rings. The van der Waals surface area contributed by atoms with Gasteiger partial charge in [0.1, 0.15) is 17.5 Å². The minimum Gasteiger partial charge on any atom is -0.370 e. The maximum Gasteiger partial charge on any atom is 0.137 e. The molecule has 1 aromatic heterocycles. The van der Waals surface area contributed by atoms with Crippen molar-refractivity contribution in [3.05, 3.63) is 11.4 Å². The summed E-state index contributed by atoms with van der Waals surface area (Å²) in [4.78, 5) is 11.7. The van der Waals surface area contributed by atoms with E-state index < -0.39 is 0 Å². The number of aryl methyl sites for hydroxylation is 1. The summed E-state index contributed by atoms with van der Waals surface area (Å²) in [5, 5.41) is 3.43. The minimum atomic E-state index is 0.737. The molecular formula is C16H28N4. The van der Waals surface area contributed by atoms with E-state index in [4.69, 9.17) is 4.98 Å². The van der Waals surface area contributed by atoms with Crippen molar-refractivity contribution in [3.63, 3.8) is 0 Å². The van der Waals surface area contributed by atoms with Crippen molar-refractivity contribution in [1.29, 1.82) is 0 Å². The van der Waals surface area contributed by atoms with E-state index >= 15 is 0 Å². The SMILES string of the molecule is CCCNc1nc(C)nc(N2CC(C)CC(C)C2)c1C. The van der Waals surface area contributed by atoms with Crippen LogP contribution in [0.1, 0.15) is 45.0 Å². The molecule has 4 heteroatoms. The zero-order valence-electron chi connectivity index (χ0n) is 13.5. The summed E-state index contributed by atoms with van der Waals surface area (Å²) in [7, 11) is 0. The Kier molecular flexibility index (Phi) is 4.84. The lowest BCUT2D eigenvalue weighted by atomic mass is 9.92. The summed E-state index contributed by atoms with van der Waals surface area (Å²) in [5.41, 5.74) is 1.19. The van der Waals surface area contributed by atoms with Gasteiger partial charge in [0.25, 0.3) is 0 Å². The van der Waals surface area contributed by atoms with Crippen molar-refractivity contribution in [2.75, 3.05) is 29.9 Å². The lowest BCUT2D eigenvalue weighted by Gasteiger charge is -2.36. The highest BCUT2D eigenvalue weighted by atomic mass is 15.2. The van der Waals surface area contributed by atoms with Crippen LogP contribution in [-0.4, -0.2) is 29.6 Å².